The van der Waals surface area contributed by atoms with Crippen molar-refractivity contribution in [2.75, 3.05) is 19.8 Å². The van der Waals surface area contributed by atoms with Gasteiger partial charge in [-0.15, -0.1) is 11.3 Å². The van der Waals surface area contributed by atoms with Gasteiger partial charge in [-0.3, -0.25) is 4.79 Å². The van der Waals surface area contributed by atoms with Crippen LogP contribution >= 0.6 is 11.3 Å². The van der Waals surface area contributed by atoms with Crippen LogP contribution in [0.15, 0.2) is 11.4 Å². The van der Waals surface area contributed by atoms with Crippen molar-refractivity contribution in [2.24, 2.45) is 0 Å². The van der Waals surface area contributed by atoms with Gasteiger partial charge >= 0.3 is 0 Å². The van der Waals surface area contributed by atoms with Gasteiger partial charge in [0.15, 0.2) is 0 Å². The second-order valence-electron chi connectivity index (χ2n) is 4.34. The summed E-state index contributed by atoms with van der Waals surface area (Å²) in [5.41, 5.74) is 0.625. The van der Waals surface area contributed by atoms with Crippen molar-refractivity contribution in [2.45, 2.75) is 25.4 Å². The van der Waals surface area contributed by atoms with E-state index in [1.54, 1.807) is 11.4 Å². The highest BCUT2D eigenvalue weighted by Gasteiger charge is 2.15. The molecule has 2 N–H and O–H groups in total. The highest BCUT2D eigenvalue weighted by atomic mass is 32.1. The van der Waals surface area contributed by atoms with Crippen molar-refractivity contribution in [3.05, 3.63) is 21.9 Å². The Kier molecular flexibility index (Phi) is 5.40. The van der Waals surface area contributed by atoms with Crippen LogP contribution in [0.1, 0.15) is 34.5 Å². The fourth-order valence-corrected chi connectivity index (χ4v) is 2.72. The minimum absolute atomic E-state index is 0.0775. The summed E-state index contributed by atoms with van der Waals surface area (Å²) in [6.45, 7) is 1.31. The van der Waals surface area contributed by atoms with Crippen molar-refractivity contribution < 1.29 is 14.6 Å². The van der Waals surface area contributed by atoms with E-state index in [-0.39, 0.29) is 12.5 Å². The average molecular weight is 279 g/mol. The van der Waals surface area contributed by atoms with Crippen LogP contribution in [0.2, 0.25) is 0 Å². The van der Waals surface area contributed by atoms with Crippen LogP contribution in [-0.4, -0.2) is 36.9 Å². The van der Waals surface area contributed by atoms with Gasteiger partial charge < -0.3 is 15.2 Å². The number of carbonyl (C=O) groups is 1. The second-order valence-corrected chi connectivity index (χ2v) is 5.25. The third-order valence-electron chi connectivity index (χ3n) is 2.93. The minimum atomic E-state index is -0.166. The summed E-state index contributed by atoms with van der Waals surface area (Å²) in [6.07, 6.45) is 3.38. The van der Waals surface area contributed by atoms with Gasteiger partial charge in [-0.05, 0) is 25.3 Å². The van der Waals surface area contributed by atoms with E-state index < -0.39 is 0 Å². The van der Waals surface area contributed by atoms with Crippen LogP contribution in [0.25, 0.3) is 0 Å². The summed E-state index contributed by atoms with van der Waals surface area (Å²) < 4.78 is 5.50. The summed E-state index contributed by atoms with van der Waals surface area (Å²) in [7, 11) is 0. The molecule has 1 aliphatic heterocycles. The lowest BCUT2D eigenvalue weighted by molar-refractivity contribution is 0.0907. The molecule has 5 heteroatoms. The van der Waals surface area contributed by atoms with E-state index >= 15 is 0 Å². The molecule has 2 heterocycles. The number of rotatable bonds is 4. The fraction of sp³-hybridized carbons (Fsp3) is 0.500. The molecule has 0 radical (unpaired) electrons. The predicted molar refractivity (Wildman–Crippen MR) is 74.2 cm³/mol. The standard InChI is InChI=1S/C14H17NO3S/c16-7-1-4-13-9-11(10-19-13)14(17)15-6-5-12-3-2-8-18-12/h9-10,12,16H,2-3,5-8H2,(H,15,17). The number of ether oxygens (including phenoxy) is 1. The average Bonchev–Trinajstić information content (AvgIpc) is 3.07. The van der Waals surface area contributed by atoms with E-state index in [9.17, 15) is 4.79 Å². The third kappa shape index (κ3) is 4.35. The number of thiophene rings is 1. The van der Waals surface area contributed by atoms with E-state index in [0.717, 1.165) is 30.7 Å². The number of amides is 1. The SMILES string of the molecule is O=C(NCCC1CCCO1)c1csc(C#CCO)c1. The summed E-state index contributed by atoms with van der Waals surface area (Å²) >= 11 is 1.41. The smallest absolute Gasteiger partial charge is 0.252 e. The Hall–Kier alpha value is -1.35. The molecule has 1 fully saturated rings. The Morgan fingerprint density at radius 3 is 3.26 bits per heavy atom. The zero-order chi connectivity index (χ0) is 13.5. The number of aliphatic hydroxyl groups is 1. The molecule has 0 aromatic carbocycles. The maximum Gasteiger partial charge on any atom is 0.252 e. The van der Waals surface area contributed by atoms with Gasteiger partial charge in [0.1, 0.15) is 6.61 Å². The van der Waals surface area contributed by atoms with Crippen LogP contribution in [-0.2, 0) is 4.74 Å². The molecule has 1 amide bonds. The number of carbonyl (C=O) groups excluding carboxylic acids is 1. The molecule has 4 nitrogen and oxygen atoms in total. The molecule has 102 valence electrons. The quantitative estimate of drug-likeness (QED) is 0.819. The lowest BCUT2D eigenvalue weighted by atomic mass is 10.2. The Morgan fingerprint density at radius 1 is 1.63 bits per heavy atom. The van der Waals surface area contributed by atoms with E-state index in [2.05, 4.69) is 17.2 Å². The number of aliphatic hydroxyl groups excluding tert-OH is 1. The van der Waals surface area contributed by atoms with Crippen molar-refractivity contribution in [1.29, 1.82) is 0 Å². The van der Waals surface area contributed by atoms with E-state index in [1.165, 1.54) is 11.3 Å². The first-order chi connectivity index (χ1) is 9.29. The van der Waals surface area contributed by atoms with E-state index in [1.807, 2.05) is 0 Å². The summed E-state index contributed by atoms with van der Waals surface area (Å²) in [4.78, 5) is 12.7. The molecule has 0 bridgehead atoms. The molecule has 2 rings (SSSR count). The maximum atomic E-state index is 11.9. The summed E-state index contributed by atoms with van der Waals surface area (Å²) in [5.74, 6) is 5.28. The largest absolute Gasteiger partial charge is 0.384 e. The lowest BCUT2D eigenvalue weighted by Gasteiger charge is -2.09. The Balaban J connectivity index is 1.77. The van der Waals surface area contributed by atoms with Crippen LogP contribution in [0.4, 0.5) is 0 Å². The maximum absolute atomic E-state index is 11.9. The molecule has 1 aromatic heterocycles. The highest BCUT2D eigenvalue weighted by Crippen LogP contribution is 2.15. The van der Waals surface area contributed by atoms with Crippen molar-refractivity contribution in [3.8, 4) is 11.8 Å². The Morgan fingerprint density at radius 2 is 2.53 bits per heavy atom. The van der Waals surface area contributed by atoms with E-state index in [0.29, 0.717) is 18.2 Å². The minimum Gasteiger partial charge on any atom is -0.384 e. The predicted octanol–water partition coefficient (Wildman–Crippen LogP) is 1.39. The van der Waals surface area contributed by atoms with Gasteiger partial charge in [0, 0.05) is 18.5 Å². The normalized spacial score (nSPS) is 17.8. The molecule has 0 aliphatic carbocycles. The highest BCUT2D eigenvalue weighted by molar-refractivity contribution is 7.10. The third-order valence-corrected chi connectivity index (χ3v) is 3.77. The van der Waals surface area contributed by atoms with Crippen LogP contribution < -0.4 is 5.32 Å². The van der Waals surface area contributed by atoms with Crippen molar-refractivity contribution in [1.82, 2.24) is 5.32 Å². The first-order valence-electron chi connectivity index (χ1n) is 6.37. The van der Waals surface area contributed by atoms with Gasteiger partial charge in [0.05, 0.1) is 16.5 Å². The summed E-state index contributed by atoms with van der Waals surface area (Å²) in [6, 6.07) is 1.74. The molecular weight excluding hydrogens is 262 g/mol. The van der Waals surface area contributed by atoms with Gasteiger partial charge in [0.2, 0.25) is 0 Å². The molecule has 0 saturated carbocycles. The summed E-state index contributed by atoms with van der Waals surface area (Å²) in [5, 5.41) is 13.3. The zero-order valence-corrected chi connectivity index (χ0v) is 11.5. The number of nitrogens with one attached hydrogen (secondary N) is 1. The number of hydrogen-bond acceptors (Lipinski definition) is 4. The van der Waals surface area contributed by atoms with Crippen LogP contribution in [0, 0.1) is 11.8 Å². The van der Waals surface area contributed by atoms with E-state index in [4.69, 9.17) is 9.84 Å². The molecule has 1 atom stereocenters. The first kappa shape index (κ1) is 14.1. The number of hydrogen-bond donors (Lipinski definition) is 2. The first-order valence-corrected chi connectivity index (χ1v) is 7.25. The van der Waals surface area contributed by atoms with Gasteiger partial charge in [-0.25, -0.2) is 0 Å². The molecule has 1 aromatic rings. The molecule has 1 unspecified atom stereocenters. The van der Waals surface area contributed by atoms with Crippen LogP contribution in [0.5, 0.6) is 0 Å². The molecule has 1 aliphatic rings. The topological polar surface area (TPSA) is 58.6 Å². The van der Waals surface area contributed by atoms with Gasteiger partial charge in [-0.2, -0.15) is 0 Å². The molecular formula is C14H17NO3S. The van der Waals surface area contributed by atoms with Gasteiger partial charge in [0.25, 0.3) is 5.91 Å². The van der Waals surface area contributed by atoms with Crippen molar-refractivity contribution >= 4 is 17.2 Å². The monoisotopic (exact) mass is 279 g/mol. The molecule has 1 saturated heterocycles. The Labute approximate surface area is 116 Å². The van der Waals surface area contributed by atoms with Crippen LogP contribution in [0.3, 0.4) is 0 Å². The fourth-order valence-electron chi connectivity index (χ4n) is 1.97. The molecule has 0 spiro atoms. The van der Waals surface area contributed by atoms with Crippen molar-refractivity contribution in [3.63, 3.8) is 0 Å². The lowest BCUT2D eigenvalue weighted by Crippen LogP contribution is -2.26. The molecule has 19 heavy (non-hydrogen) atoms. The second kappa shape index (κ2) is 7.29. The van der Waals surface area contributed by atoms with Gasteiger partial charge in [-0.1, -0.05) is 11.8 Å². The zero-order valence-electron chi connectivity index (χ0n) is 10.6. The Bertz CT molecular complexity index is 480.